The molecule has 0 spiro atoms. The summed E-state index contributed by atoms with van der Waals surface area (Å²) in [6.45, 7) is 0.505. The molecule has 0 aliphatic rings. The van der Waals surface area contributed by atoms with Crippen molar-refractivity contribution in [1.82, 2.24) is 0 Å². The van der Waals surface area contributed by atoms with Gasteiger partial charge >= 0.3 is 0 Å². The zero-order chi connectivity index (χ0) is 14.5. The fourth-order valence-corrected chi connectivity index (χ4v) is 3.33. The molecule has 106 valence electrons. The zero-order valence-corrected chi connectivity index (χ0v) is 13.3. The van der Waals surface area contributed by atoms with Crippen LogP contribution in [0.2, 0.25) is 10.0 Å². The minimum absolute atomic E-state index is 0.100. The van der Waals surface area contributed by atoms with Crippen molar-refractivity contribution in [1.29, 1.82) is 0 Å². The highest BCUT2D eigenvalue weighted by Crippen LogP contribution is 2.40. The summed E-state index contributed by atoms with van der Waals surface area (Å²) in [6, 6.07) is 13.5. The summed E-state index contributed by atoms with van der Waals surface area (Å²) in [5, 5.41) is 1.20. The van der Waals surface area contributed by atoms with E-state index in [0.29, 0.717) is 16.6 Å². The monoisotopic (exact) mass is 327 g/mol. The van der Waals surface area contributed by atoms with Crippen LogP contribution in [0, 0.1) is 0 Å². The molecule has 0 aliphatic carbocycles. The molecular formula is C15H15Cl2NOS. The lowest BCUT2D eigenvalue weighted by Crippen LogP contribution is -2.10. The quantitative estimate of drug-likeness (QED) is 0.801. The summed E-state index contributed by atoms with van der Waals surface area (Å²) in [5.74, 6) is 0.843. The third-order valence-corrected chi connectivity index (χ3v) is 4.87. The van der Waals surface area contributed by atoms with Crippen molar-refractivity contribution in [3.8, 4) is 5.75 Å². The third-order valence-electron chi connectivity index (χ3n) is 2.87. The molecule has 0 amide bonds. The van der Waals surface area contributed by atoms with Crippen molar-refractivity contribution in [2.45, 2.75) is 10.1 Å². The Hall–Kier alpha value is -0.870. The number of hydrogen-bond acceptors (Lipinski definition) is 3. The van der Waals surface area contributed by atoms with Crippen molar-refractivity contribution in [2.75, 3.05) is 13.7 Å². The Kier molecular flexibility index (Phi) is 5.61. The van der Waals surface area contributed by atoms with Gasteiger partial charge < -0.3 is 10.5 Å². The summed E-state index contributed by atoms with van der Waals surface area (Å²) in [4.78, 5) is 1.03. The minimum Gasteiger partial charge on any atom is -0.496 e. The predicted octanol–water partition coefficient (Wildman–Crippen LogP) is 4.79. The van der Waals surface area contributed by atoms with E-state index in [1.165, 1.54) is 0 Å². The maximum atomic E-state index is 6.04. The molecule has 2 aromatic rings. The van der Waals surface area contributed by atoms with Crippen molar-refractivity contribution < 1.29 is 4.74 Å². The first-order valence-corrected chi connectivity index (χ1v) is 7.74. The number of benzene rings is 2. The number of thioether (sulfide) groups is 1. The number of nitrogens with two attached hydrogens (primary N) is 1. The zero-order valence-electron chi connectivity index (χ0n) is 11.0. The summed E-state index contributed by atoms with van der Waals surface area (Å²) in [5.41, 5.74) is 6.99. The molecule has 1 atom stereocenters. The fourth-order valence-electron chi connectivity index (χ4n) is 1.89. The molecule has 0 bridgehead atoms. The topological polar surface area (TPSA) is 35.2 Å². The van der Waals surface area contributed by atoms with Gasteiger partial charge in [0.1, 0.15) is 5.75 Å². The maximum absolute atomic E-state index is 6.04. The molecule has 0 fully saturated rings. The Labute approximate surface area is 133 Å². The molecule has 0 heterocycles. The molecule has 0 radical (unpaired) electrons. The molecule has 0 saturated heterocycles. The molecule has 0 aliphatic heterocycles. The van der Waals surface area contributed by atoms with Crippen LogP contribution in [-0.4, -0.2) is 13.7 Å². The van der Waals surface area contributed by atoms with Crippen molar-refractivity contribution in [2.24, 2.45) is 5.73 Å². The lowest BCUT2D eigenvalue weighted by Gasteiger charge is -2.18. The second-order valence-electron chi connectivity index (χ2n) is 4.16. The predicted molar refractivity (Wildman–Crippen MR) is 87.1 cm³/mol. The highest BCUT2D eigenvalue weighted by atomic mass is 35.5. The van der Waals surface area contributed by atoms with E-state index in [2.05, 4.69) is 0 Å². The van der Waals surface area contributed by atoms with E-state index in [1.807, 2.05) is 36.4 Å². The lowest BCUT2D eigenvalue weighted by atomic mass is 10.1. The maximum Gasteiger partial charge on any atom is 0.123 e. The van der Waals surface area contributed by atoms with Crippen LogP contribution in [-0.2, 0) is 0 Å². The largest absolute Gasteiger partial charge is 0.496 e. The van der Waals surface area contributed by atoms with Gasteiger partial charge in [0.15, 0.2) is 0 Å². The van der Waals surface area contributed by atoms with Crippen LogP contribution in [0.4, 0.5) is 0 Å². The van der Waals surface area contributed by atoms with E-state index >= 15 is 0 Å². The molecule has 5 heteroatoms. The molecule has 20 heavy (non-hydrogen) atoms. The van der Waals surface area contributed by atoms with Gasteiger partial charge in [-0.05, 0) is 24.3 Å². The Bertz CT molecular complexity index is 592. The first-order chi connectivity index (χ1) is 9.65. The van der Waals surface area contributed by atoms with E-state index < -0.39 is 0 Å². The third kappa shape index (κ3) is 3.61. The van der Waals surface area contributed by atoms with Crippen molar-refractivity contribution >= 4 is 35.0 Å². The van der Waals surface area contributed by atoms with Gasteiger partial charge in [0, 0.05) is 17.0 Å². The summed E-state index contributed by atoms with van der Waals surface area (Å²) >= 11 is 13.6. The van der Waals surface area contributed by atoms with E-state index in [1.54, 1.807) is 24.9 Å². The molecule has 2 N–H and O–H groups in total. The van der Waals surface area contributed by atoms with E-state index in [4.69, 9.17) is 33.7 Å². The Morgan fingerprint density at radius 1 is 1.15 bits per heavy atom. The number of ether oxygens (including phenoxy) is 1. The van der Waals surface area contributed by atoms with Gasteiger partial charge in [0.25, 0.3) is 0 Å². The fraction of sp³-hybridized carbons (Fsp3) is 0.200. The van der Waals surface area contributed by atoms with E-state index in [9.17, 15) is 0 Å². The lowest BCUT2D eigenvalue weighted by molar-refractivity contribution is 0.409. The van der Waals surface area contributed by atoms with Gasteiger partial charge in [-0.1, -0.05) is 41.4 Å². The molecule has 2 aromatic carbocycles. The highest BCUT2D eigenvalue weighted by Gasteiger charge is 2.16. The average molecular weight is 328 g/mol. The number of halogens is 2. The smallest absolute Gasteiger partial charge is 0.123 e. The SMILES string of the molecule is COc1ccccc1C(CN)Sc1ccc(Cl)c(Cl)c1. The van der Waals surface area contributed by atoms with Gasteiger partial charge in [0.2, 0.25) is 0 Å². The minimum atomic E-state index is 0.100. The molecule has 0 saturated carbocycles. The highest BCUT2D eigenvalue weighted by molar-refractivity contribution is 7.99. The standard InChI is InChI=1S/C15H15Cl2NOS/c1-19-14-5-3-2-4-11(14)15(9-18)20-10-6-7-12(16)13(17)8-10/h2-8,15H,9,18H2,1H3. The summed E-state index contributed by atoms with van der Waals surface area (Å²) in [6.07, 6.45) is 0. The molecule has 2 rings (SSSR count). The van der Waals surface area contributed by atoms with Gasteiger partial charge in [0.05, 0.1) is 22.4 Å². The second-order valence-corrected chi connectivity index (χ2v) is 6.25. The van der Waals surface area contributed by atoms with Crippen LogP contribution < -0.4 is 10.5 Å². The van der Waals surface area contributed by atoms with Crippen molar-refractivity contribution in [3.05, 3.63) is 58.1 Å². The summed E-state index contributed by atoms with van der Waals surface area (Å²) in [7, 11) is 1.66. The first-order valence-electron chi connectivity index (χ1n) is 6.10. The first kappa shape index (κ1) is 15.5. The van der Waals surface area contributed by atoms with Crippen LogP contribution in [0.25, 0.3) is 0 Å². The Balaban J connectivity index is 2.26. The number of methoxy groups -OCH3 is 1. The van der Waals surface area contributed by atoms with E-state index in [0.717, 1.165) is 16.2 Å². The molecule has 1 unspecified atom stereocenters. The van der Waals surface area contributed by atoms with Crippen molar-refractivity contribution in [3.63, 3.8) is 0 Å². The van der Waals surface area contributed by atoms with Crippen LogP contribution in [0.5, 0.6) is 5.75 Å². The Morgan fingerprint density at radius 2 is 1.90 bits per heavy atom. The molecule has 0 aromatic heterocycles. The second kappa shape index (κ2) is 7.23. The van der Waals surface area contributed by atoms with Gasteiger partial charge in [-0.15, -0.1) is 11.8 Å². The van der Waals surface area contributed by atoms with E-state index in [-0.39, 0.29) is 5.25 Å². The number of para-hydroxylation sites is 1. The summed E-state index contributed by atoms with van der Waals surface area (Å²) < 4.78 is 5.39. The van der Waals surface area contributed by atoms with Gasteiger partial charge in [-0.25, -0.2) is 0 Å². The Morgan fingerprint density at radius 3 is 2.55 bits per heavy atom. The number of rotatable bonds is 5. The normalized spacial score (nSPS) is 12.2. The van der Waals surface area contributed by atoms with Crippen LogP contribution in [0.15, 0.2) is 47.4 Å². The molecular weight excluding hydrogens is 313 g/mol. The van der Waals surface area contributed by atoms with Crippen LogP contribution in [0.3, 0.4) is 0 Å². The van der Waals surface area contributed by atoms with Gasteiger partial charge in [-0.3, -0.25) is 0 Å². The molecule has 2 nitrogen and oxygen atoms in total. The average Bonchev–Trinajstić information content (AvgIpc) is 2.48. The number of hydrogen-bond donors (Lipinski definition) is 1. The van der Waals surface area contributed by atoms with Crippen LogP contribution >= 0.6 is 35.0 Å². The van der Waals surface area contributed by atoms with Crippen LogP contribution in [0.1, 0.15) is 10.8 Å². The van der Waals surface area contributed by atoms with Gasteiger partial charge in [-0.2, -0.15) is 0 Å².